The summed E-state index contributed by atoms with van der Waals surface area (Å²) < 4.78 is 0. The molecule has 0 aromatic heterocycles. The van der Waals surface area contributed by atoms with Crippen molar-refractivity contribution >= 4 is 11.9 Å². The van der Waals surface area contributed by atoms with E-state index in [4.69, 9.17) is 10.8 Å². The number of aliphatic carboxylic acids is 1. The number of amides is 1. The van der Waals surface area contributed by atoms with E-state index in [9.17, 15) is 9.59 Å². The Morgan fingerprint density at radius 3 is 2.13 bits per heavy atom. The van der Waals surface area contributed by atoms with Crippen LogP contribution in [-0.4, -0.2) is 29.1 Å². The number of carbonyl (C=O) groups is 2. The maximum Gasteiger partial charge on any atom is 0.326 e. The van der Waals surface area contributed by atoms with Crippen LogP contribution in [0.5, 0.6) is 0 Å². The fourth-order valence-electron chi connectivity index (χ4n) is 1.08. The molecule has 5 nitrogen and oxygen atoms in total. The van der Waals surface area contributed by atoms with E-state index in [0.717, 1.165) is 0 Å². The Bertz CT molecular complexity index is 246. The van der Waals surface area contributed by atoms with Crippen molar-refractivity contribution in [3.8, 4) is 0 Å². The van der Waals surface area contributed by atoms with Gasteiger partial charge in [-0.25, -0.2) is 4.79 Å². The zero-order chi connectivity index (χ0) is 12.2. The molecule has 0 fully saturated rings. The molecule has 0 heterocycles. The lowest BCUT2D eigenvalue weighted by Gasteiger charge is -2.28. The third-order valence-corrected chi connectivity index (χ3v) is 2.18. The largest absolute Gasteiger partial charge is 0.480 e. The summed E-state index contributed by atoms with van der Waals surface area (Å²) in [5.41, 5.74) is 4.97. The predicted molar refractivity (Wildman–Crippen MR) is 57.3 cm³/mol. The highest BCUT2D eigenvalue weighted by Gasteiger charge is 2.33. The maximum atomic E-state index is 11.4. The monoisotopic (exact) mass is 216 g/mol. The Morgan fingerprint density at radius 2 is 1.87 bits per heavy atom. The van der Waals surface area contributed by atoms with Crippen molar-refractivity contribution in [2.45, 2.75) is 46.2 Å². The summed E-state index contributed by atoms with van der Waals surface area (Å²) in [5, 5.41) is 11.4. The van der Waals surface area contributed by atoms with Gasteiger partial charge in [-0.15, -0.1) is 0 Å². The van der Waals surface area contributed by atoms with Gasteiger partial charge in [0.1, 0.15) is 6.04 Å². The van der Waals surface area contributed by atoms with Crippen LogP contribution < -0.4 is 11.1 Å². The second-order valence-electron chi connectivity index (χ2n) is 4.66. The van der Waals surface area contributed by atoms with E-state index in [0.29, 0.717) is 6.42 Å². The van der Waals surface area contributed by atoms with Crippen molar-refractivity contribution in [2.24, 2.45) is 11.1 Å². The van der Waals surface area contributed by atoms with Crippen LogP contribution in [0.3, 0.4) is 0 Å². The first-order valence-electron chi connectivity index (χ1n) is 4.99. The highest BCUT2D eigenvalue weighted by atomic mass is 16.4. The van der Waals surface area contributed by atoms with Gasteiger partial charge in [-0.1, -0.05) is 27.7 Å². The molecule has 0 radical (unpaired) electrons. The summed E-state index contributed by atoms with van der Waals surface area (Å²) in [7, 11) is 0. The Morgan fingerprint density at radius 1 is 1.40 bits per heavy atom. The quantitative estimate of drug-likeness (QED) is 0.631. The van der Waals surface area contributed by atoms with Gasteiger partial charge in [0.2, 0.25) is 5.91 Å². The number of nitrogens with one attached hydrogen (secondary N) is 1. The van der Waals surface area contributed by atoms with Crippen molar-refractivity contribution in [3.63, 3.8) is 0 Å². The summed E-state index contributed by atoms with van der Waals surface area (Å²) in [4.78, 5) is 22.4. The molecule has 0 aliphatic rings. The van der Waals surface area contributed by atoms with E-state index in [-0.39, 0.29) is 0 Å². The van der Waals surface area contributed by atoms with E-state index < -0.39 is 29.4 Å². The second-order valence-corrected chi connectivity index (χ2v) is 4.66. The summed E-state index contributed by atoms with van der Waals surface area (Å²) in [6.45, 7) is 7.04. The van der Waals surface area contributed by atoms with Gasteiger partial charge >= 0.3 is 5.97 Å². The Hall–Kier alpha value is -1.10. The zero-order valence-corrected chi connectivity index (χ0v) is 9.70. The lowest BCUT2D eigenvalue weighted by molar-refractivity contribution is -0.145. The van der Waals surface area contributed by atoms with Crippen LogP contribution in [0.2, 0.25) is 0 Å². The van der Waals surface area contributed by atoms with E-state index in [1.807, 2.05) is 0 Å². The number of hydrogen-bond acceptors (Lipinski definition) is 3. The SMILES string of the molecule is CC[C@@H](N)C(=O)N[C@H](C(=O)O)C(C)(C)C. The minimum absolute atomic E-state index is 0.417. The number of carboxylic acids is 1. The van der Waals surface area contributed by atoms with Crippen LogP contribution in [-0.2, 0) is 9.59 Å². The predicted octanol–water partition coefficient (Wildman–Crippen LogP) is 0.339. The van der Waals surface area contributed by atoms with Crippen molar-refractivity contribution in [1.82, 2.24) is 5.32 Å². The van der Waals surface area contributed by atoms with Gasteiger partial charge in [-0.2, -0.15) is 0 Å². The summed E-state index contributed by atoms with van der Waals surface area (Å²) in [6.07, 6.45) is 0.488. The first-order valence-corrected chi connectivity index (χ1v) is 4.99. The molecule has 4 N–H and O–H groups in total. The van der Waals surface area contributed by atoms with Gasteiger partial charge in [0.25, 0.3) is 0 Å². The van der Waals surface area contributed by atoms with Gasteiger partial charge in [0.05, 0.1) is 6.04 Å². The minimum Gasteiger partial charge on any atom is -0.480 e. The molecule has 0 aromatic rings. The first kappa shape index (κ1) is 13.9. The first-order chi connectivity index (χ1) is 6.70. The van der Waals surface area contributed by atoms with Gasteiger partial charge in [0.15, 0.2) is 0 Å². The smallest absolute Gasteiger partial charge is 0.326 e. The molecule has 5 heteroatoms. The average molecular weight is 216 g/mol. The Balaban J connectivity index is 4.58. The molecule has 0 aliphatic carbocycles. The molecule has 0 saturated carbocycles. The number of hydrogen-bond donors (Lipinski definition) is 3. The van der Waals surface area contributed by atoms with Crippen molar-refractivity contribution in [1.29, 1.82) is 0 Å². The van der Waals surface area contributed by atoms with Crippen molar-refractivity contribution in [2.75, 3.05) is 0 Å². The van der Waals surface area contributed by atoms with Crippen LogP contribution in [0.1, 0.15) is 34.1 Å². The third-order valence-electron chi connectivity index (χ3n) is 2.18. The fraction of sp³-hybridized carbons (Fsp3) is 0.800. The zero-order valence-electron chi connectivity index (χ0n) is 9.70. The number of carboxylic acid groups (broad SMARTS) is 1. The summed E-state index contributed by atoms with van der Waals surface area (Å²) in [5.74, 6) is -1.46. The van der Waals surface area contributed by atoms with Gasteiger partial charge in [-0.3, -0.25) is 4.79 Å². The van der Waals surface area contributed by atoms with Gasteiger partial charge < -0.3 is 16.2 Å². The molecule has 0 spiro atoms. The number of carbonyl (C=O) groups excluding carboxylic acids is 1. The molecule has 0 rings (SSSR count). The average Bonchev–Trinajstić information content (AvgIpc) is 2.09. The topological polar surface area (TPSA) is 92.4 Å². The van der Waals surface area contributed by atoms with Gasteiger partial charge in [-0.05, 0) is 11.8 Å². The van der Waals surface area contributed by atoms with E-state index in [1.54, 1.807) is 27.7 Å². The van der Waals surface area contributed by atoms with Crippen LogP contribution in [0.15, 0.2) is 0 Å². The molecular weight excluding hydrogens is 196 g/mol. The molecule has 88 valence electrons. The van der Waals surface area contributed by atoms with E-state index >= 15 is 0 Å². The van der Waals surface area contributed by atoms with Crippen LogP contribution in [0, 0.1) is 5.41 Å². The molecule has 1 amide bonds. The van der Waals surface area contributed by atoms with Crippen molar-refractivity contribution in [3.05, 3.63) is 0 Å². The summed E-state index contributed by atoms with van der Waals surface area (Å²) >= 11 is 0. The van der Waals surface area contributed by atoms with Crippen LogP contribution in [0.25, 0.3) is 0 Å². The maximum absolute atomic E-state index is 11.4. The van der Waals surface area contributed by atoms with E-state index in [2.05, 4.69) is 5.32 Å². The minimum atomic E-state index is -1.04. The highest BCUT2D eigenvalue weighted by molar-refractivity contribution is 5.87. The molecule has 0 aliphatic heterocycles. The Labute approximate surface area is 90.0 Å². The lowest BCUT2D eigenvalue weighted by Crippen LogP contribution is -2.53. The molecule has 0 unspecified atom stereocenters. The van der Waals surface area contributed by atoms with E-state index in [1.165, 1.54) is 0 Å². The number of nitrogens with two attached hydrogens (primary N) is 1. The molecule has 15 heavy (non-hydrogen) atoms. The second kappa shape index (κ2) is 5.11. The molecule has 0 aromatic carbocycles. The lowest BCUT2D eigenvalue weighted by atomic mass is 9.86. The molecule has 0 saturated heterocycles. The van der Waals surface area contributed by atoms with Gasteiger partial charge in [0, 0.05) is 0 Å². The van der Waals surface area contributed by atoms with Crippen molar-refractivity contribution < 1.29 is 14.7 Å². The molecular formula is C10H20N2O3. The Kier molecular flexibility index (Phi) is 4.74. The normalized spacial score (nSPS) is 15.5. The molecule has 0 bridgehead atoms. The molecule has 2 atom stereocenters. The fourth-order valence-corrected chi connectivity index (χ4v) is 1.08. The standard InChI is InChI=1S/C10H20N2O3/c1-5-6(11)8(13)12-7(9(14)15)10(2,3)4/h6-7H,5,11H2,1-4H3,(H,12,13)(H,14,15)/t6-,7-/m1/s1. The number of rotatable bonds is 4. The highest BCUT2D eigenvalue weighted by Crippen LogP contribution is 2.19. The van der Waals surface area contributed by atoms with Crippen LogP contribution in [0.4, 0.5) is 0 Å². The third kappa shape index (κ3) is 4.29. The summed E-state index contributed by atoms with van der Waals surface area (Å²) in [6, 6.07) is -1.56. The van der Waals surface area contributed by atoms with Crippen LogP contribution >= 0.6 is 0 Å².